The van der Waals surface area contributed by atoms with Crippen molar-refractivity contribution in [1.29, 1.82) is 0 Å². The summed E-state index contributed by atoms with van der Waals surface area (Å²) in [5, 5.41) is 0. The van der Waals surface area contributed by atoms with Crippen molar-refractivity contribution in [2.45, 2.75) is 51.6 Å². The van der Waals surface area contributed by atoms with E-state index in [9.17, 15) is 18.0 Å². The number of aromatic nitrogens is 1. The Bertz CT molecular complexity index is 849. The molecule has 8 nitrogen and oxygen atoms in total. The van der Waals surface area contributed by atoms with Crippen molar-refractivity contribution in [3.05, 3.63) is 28.7 Å². The maximum Gasteiger partial charge on any atom is 0.251 e. The van der Waals surface area contributed by atoms with Crippen LogP contribution in [0.3, 0.4) is 0 Å². The standard InChI is InChI=1S/C18H30N4O4S.ClH/c1-5-22(6-2)27(25,26)14-7-8-16(23)21(11-14)12-17(24)20-10-9-15(19)18(3,4)13-20;/h7-8,11,15H,5-6,9-10,12-13,19H2,1-4H3;1H. The van der Waals surface area contributed by atoms with Gasteiger partial charge in [0.05, 0.1) is 4.90 Å². The van der Waals surface area contributed by atoms with Gasteiger partial charge in [-0.3, -0.25) is 9.59 Å². The molecule has 0 aromatic carbocycles. The fourth-order valence-corrected chi connectivity index (χ4v) is 4.81. The number of amides is 1. The van der Waals surface area contributed by atoms with Gasteiger partial charge in [-0.2, -0.15) is 4.31 Å². The minimum atomic E-state index is -3.69. The Labute approximate surface area is 173 Å². The Hall–Kier alpha value is -1.42. The minimum absolute atomic E-state index is 0. The van der Waals surface area contributed by atoms with Gasteiger partial charge in [-0.1, -0.05) is 27.7 Å². The van der Waals surface area contributed by atoms with Gasteiger partial charge in [-0.25, -0.2) is 8.42 Å². The summed E-state index contributed by atoms with van der Waals surface area (Å²) >= 11 is 0. The van der Waals surface area contributed by atoms with Crippen LogP contribution in [-0.4, -0.2) is 60.3 Å². The van der Waals surface area contributed by atoms with Crippen LogP contribution < -0.4 is 11.3 Å². The van der Waals surface area contributed by atoms with Crippen molar-refractivity contribution in [3.63, 3.8) is 0 Å². The predicted molar refractivity (Wildman–Crippen MR) is 111 cm³/mol. The average molecular weight is 435 g/mol. The van der Waals surface area contributed by atoms with Crippen molar-refractivity contribution in [1.82, 2.24) is 13.8 Å². The molecule has 28 heavy (non-hydrogen) atoms. The molecule has 1 aliphatic rings. The summed E-state index contributed by atoms with van der Waals surface area (Å²) in [5.74, 6) is -0.213. The van der Waals surface area contributed by atoms with Gasteiger partial charge in [0.25, 0.3) is 5.56 Å². The molecule has 2 rings (SSSR count). The van der Waals surface area contributed by atoms with Gasteiger partial charge >= 0.3 is 0 Å². The molecule has 2 heterocycles. The molecule has 0 bridgehead atoms. The highest BCUT2D eigenvalue weighted by Gasteiger charge is 2.35. The van der Waals surface area contributed by atoms with E-state index in [4.69, 9.17) is 5.73 Å². The molecule has 1 aromatic heterocycles. The summed E-state index contributed by atoms with van der Waals surface area (Å²) in [6.07, 6.45) is 1.96. The van der Waals surface area contributed by atoms with Crippen LogP contribution in [0, 0.1) is 5.41 Å². The number of likely N-dealkylation sites (tertiary alicyclic amines) is 1. The zero-order valence-electron chi connectivity index (χ0n) is 16.9. The maximum absolute atomic E-state index is 12.7. The van der Waals surface area contributed by atoms with Crippen LogP contribution in [0.1, 0.15) is 34.1 Å². The van der Waals surface area contributed by atoms with E-state index >= 15 is 0 Å². The van der Waals surface area contributed by atoms with Crippen molar-refractivity contribution in [2.24, 2.45) is 11.1 Å². The third-order valence-electron chi connectivity index (χ3n) is 5.27. The van der Waals surface area contributed by atoms with E-state index in [1.54, 1.807) is 18.7 Å². The van der Waals surface area contributed by atoms with Gasteiger partial charge in [-0.05, 0) is 17.9 Å². The summed E-state index contributed by atoms with van der Waals surface area (Å²) in [6.45, 7) is 9.06. The average Bonchev–Trinajstić information content (AvgIpc) is 2.59. The summed E-state index contributed by atoms with van der Waals surface area (Å²) in [6, 6.07) is 2.51. The highest BCUT2D eigenvalue weighted by molar-refractivity contribution is 7.89. The molecule has 0 saturated carbocycles. The molecule has 1 aliphatic heterocycles. The first kappa shape index (κ1) is 24.6. The lowest BCUT2D eigenvalue weighted by Gasteiger charge is -2.42. The third kappa shape index (κ3) is 5.14. The van der Waals surface area contributed by atoms with Crippen molar-refractivity contribution < 1.29 is 13.2 Å². The van der Waals surface area contributed by atoms with Gasteiger partial charge in [0.1, 0.15) is 6.54 Å². The van der Waals surface area contributed by atoms with Gasteiger partial charge in [-0.15, -0.1) is 12.4 Å². The van der Waals surface area contributed by atoms with E-state index in [0.29, 0.717) is 32.6 Å². The van der Waals surface area contributed by atoms with Crippen LogP contribution in [0.2, 0.25) is 0 Å². The Morgan fingerprint density at radius 1 is 1.29 bits per heavy atom. The number of hydrogen-bond donors (Lipinski definition) is 1. The van der Waals surface area contributed by atoms with Gasteiger partial charge in [0.2, 0.25) is 15.9 Å². The molecule has 0 spiro atoms. The number of piperidine rings is 1. The second kappa shape index (κ2) is 9.39. The summed E-state index contributed by atoms with van der Waals surface area (Å²) in [7, 11) is -3.69. The number of carbonyl (C=O) groups is 1. The molecule has 0 aliphatic carbocycles. The van der Waals surface area contributed by atoms with E-state index in [2.05, 4.69) is 0 Å². The molecular weight excluding hydrogens is 404 g/mol. The maximum atomic E-state index is 12.7. The number of nitrogens with two attached hydrogens (primary N) is 1. The van der Waals surface area contributed by atoms with E-state index in [-0.39, 0.29) is 41.2 Å². The molecular formula is C18H31ClN4O4S. The zero-order valence-corrected chi connectivity index (χ0v) is 18.6. The lowest BCUT2D eigenvalue weighted by molar-refractivity contribution is -0.135. The summed E-state index contributed by atoms with van der Waals surface area (Å²) in [4.78, 5) is 26.6. The molecule has 0 radical (unpaired) electrons. The largest absolute Gasteiger partial charge is 0.340 e. The quantitative estimate of drug-likeness (QED) is 0.715. The van der Waals surface area contributed by atoms with Gasteiger partial charge < -0.3 is 15.2 Å². The van der Waals surface area contributed by atoms with E-state index in [1.165, 1.54) is 27.2 Å². The van der Waals surface area contributed by atoms with Gasteiger partial charge in [0, 0.05) is 44.5 Å². The molecule has 1 atom stereocenters. The lowest BCUT2D eigenvalue weighted by Crippen LogP contribution is -2.54. The Balaban J connectivity index is 0.00000392. The van der Waals surface area contributed by atoms with E-state index in [0.717, 1.165) is 0 Å². The van der Waals surface area contributed by atoms with Crippen LogP contribution in [0.4, 0.5) is 0 Å². The fraction of sp³-hybridized carbons (Fsp3) is 0.667. The third-order valence-corrected chi connectivity index (χ3v) is 7.30. The summed E-state index contributed by atoms with van der Waals surface area (Å²) < 4.78 is 27.8. The van der Waals surface area contributed by atoms with Crippen molar-refractivity contribution >= 4 is 28.3 Å². The monoisotopic (exact) mass is 434 g/mol. The smallest absolute Gasteiger partial charge is 0.251 e. The number of carbonyl (C=O) groups excluding carboxylic acids is 1. The number of halogens is 1. The second-order valence-electron chi connectivity index (χ2n) is 7.62. The van der Waals surface area contributed by atoms with Gasteiger partial charge in [0.15, 0.2) is 0 Å². The minimum Gasteiger partial charge on any atom is -0.340 e. The first-order valence-electron chi connectivity index (χ1n) is 9.27. The highest BCUT2D eigenvalue weighted by Crippen LogP contribution is 2.27. The van der Waals surface area contributed by atoms with E-state index < -0.39 is 15.6 Å². The van der Waals surface area contributed by atoms with Crippen LogP contribution in [0.5, 0.6) is 0 Å². The topological polar surface area (TPSA) is 106 Å². The fourth-order valence-electron chi connectivity index (χ4n) is 3.33. The molecule has 1 amide bonds. The van der Waals surface area contributed by atoms with E-state index in [1.807, 2.05) is 13.8 Å². The number of pyridine rings is 1. The predicted octanol–water partition coefficient (Wildman–Crippen LogP) is 0.886. The SMILES string of the molecule is CCN(CC)S(=O)(=O)c1ccc(=O)n(CC(=O)N2CCC(N)C(C)(C)C2)c1.Cl. The molecule has 1 unspecified atom stereocenters. The molecule has 1 aromatic rings. The normalized spacial score (nSPS) is 19.4. The lowest BCUT2D eigenvalue weighted by atomic mass is 9.79. The number of sulfonamides is 1. The van der Waals surface area contributed by atoms with Crippen LogP contribution in [-0.2, 0) is 21.4 Å². The Morgan fingerprint density at radius 3 is 2.43 bits per heavy atom. The Morgan fingerprint density at radius 2 is 1.89 bits per heavy atom. The number of hydrogen-bond acceptors (Lipinski definition) is 5. The summed E-state index contributed by atoms with van der Waals surface area (Å²) in [5.41, 5.74) is 5.50. The van der Waals surface area contributed by atoms with Crippen LogP contribution in [0.25, 0.3) is 0 Å². The Kier molecular flexibility index (Phi) is 8.25. The first-order chi connectivity index (χ1) is 12.5. The number of nitrogens with zero attached hydrogens (tertiary/aromatic N) is 3. The highest BCUT2D eigenvalue weighted by atomic mass is 35.5. The molecule has 2 N–H and O–H groups in total. The zero-order chi connectivity index (χ0) is 20.4. The first-order valence-corrected chi connectivity index (χ1v) is 10.7. The molecule has 1 fully saturated rings. The molecule has 160 valence electrons. The van der Waals surface area contributed by atoms with Crippen LogP contribution in [0.15, 0.2) is 28.0 Å². The van der Waals surface area contributed by atoms with Crippen molar-refractivity contribution in [3.8, 4) is 0 Å². The number of rotatable bonds is 6. The second-order valence-corrected chi connectivity index (χ2v) is 9.56. The molecule has 10 heteroatoms. The van der Waals surface area contributed by atoms with Crippen molar-refractivity contribution in [2.75, 3.05) is 26.2 Å². The van der Waals surface area contributed by atoms with Crippen LogP contribution >= 0.6 is 12.4 Å². The molecule has 1 saturated heterocycles.